The first-order valence-corrected chi connectivity index (χ1v) is 11.3. The van der Waals surface area contributed by atoms with Crippen molar-refractivity contribution in [1.82, 2.24) is 9.47 Å². The van der Waals surface area contributed by atoms with Crippen LogP contribution in [-0.2, 0) is 13.0 Å². The molecule has 3 aromatic rings. The molecule has 150 valence electrons. The van der Waals surface area contributed by atoms with Crippen LogP contribution in [0, 0.1) is 12.8 Å². The van der Waals surface area contributed by atoms with Crippen LogP contribution in [0.3, 0.4) is 0 Å². The molecule has 1 aromatic heterocycles. The summed E-state index contributed by atoms with van der Waals surface area (Å²) in [7, 11) is 2.25. The van der Waals surface area contributed by atoms with E-state index < -0.39 is 0 Å². The number of rotatable bonds is 3. The number of nitrogens with zero attached hydrogens (tertiary/aromatic N) is 2. The van der Waals surface area contributed by atoms with Gasteiger partial charge in [0, 0.05) is 36.8 Å². The molecule has 2 heterocycles. The minimum absolute atomic E-state index is 0.677. The van der Waals surface area contributed by atoms with Crippen LogP contribution in [0.25, 0.3) is 22.7 Å². The second-order valence-corrected chi connectivity index (χ2v) is 9.09. The summed E-state index contributed by atoms with van der Waals surface area (Å²) in [6.07, 6.45) is 10.4. The molecule has 2 nitrogen and oxygen atoms in total. The zero-order valence-corrected chi connectivity index (χ0v) is 17.8. The van der Waals surface area contributed by atoms with Crippen LogP contribution in [0.15, 0.2) is 48.5 Å². The highest BCUT2D eigenvalue weighted by Gasteiger charge is 2.24. The summed E-state index contributed by atoms with van der Waals surface area (Å²) in [6.45, 7) is 4.41. The maximum Gasteiger partial charge on any atom is 0.0529 e. The fourth-order valence-corrected chi connectivity index (χ4v) is 5.39. The Labute approximate surface area is 174 Å². The van der Waals surface area contributed by atoms with Gasteiger partial charge in [-0.25, -0.2) is 0 Å². The van der Waals surface area contributed by atoms with Gasteiger partial charge in [0.25, 0.3) is 0 Å². The Morgan fingerprint density at radius 3 is 2.59 bits per heavy atom. The van der Waals surface area contributed by atoms with Crippen molar-refractivity contribution in [1.29, 1.82) is 0 Å². The monoisotopic (exact) mass is 384 g/mol. The van der Waals surface area contributed by atoms with Gasteiger partial charge in [-0.15, -0.1) is 0 Å². The number of aryl methyl sites for hydroxylation is 1. The Kier molecular flexibility index (Phi) is 5.05. The lowest BCUT2D eigenvalue weighted by atomic mass is 9.81. The Balaban J connectivity index is 1.71. The minimum atomic E-state index is 0.677. The van der Waals surface area contributed by atoms with Crippen molar-refractivity contribution in [3.8, 4) is 0 Å². The van der Waals surface area contributed by atoms with Crippen LogP contribution in [0.2, 0.25) is 0 Å². The van der Waals surface area contributed by atoms with E-state index in [0.717, 1.165) is 19.5 Å². The predicted octanol–water partition coefficient (Wildman–Crippen LogP) is 6.52. The lowest BCUT2D eigenvalue weighted by Gasteiger charge is -2.26. The van der Waals surface area contributed by atoms with E-state index in [1.165, 1.54) is 71.0 Å². The SMILES string of the molecule is Cc1ccc2c(c1)c1c(n2/C=C(/c2ccccc2)C2CCCCC2)CCN(C)C1. The molecule has 0 bridgehead atoms. The van der Waals surface area contributed by atoms with Crippen LogP contribution in [0.4, 0.5) is 0 Å². The number of fused-ring (bicyclic) bond motifs is 3. The van der Waals surface area contributed by atoms with Crippen molar-refractivity contribution in [3.05, 3.63) is 70.9 Å². The van der Waals surface area contributed by atoms with Gasteiger partial charge in [-0.2, -0.15) is 0 Å². The zero-order chi connectivity index (χ0) is 19.8. The lowest BCUT2D eigenvalue weighted by molar-refractivity contribution is 0.312. The largest absolute Gasteiger partial charge is 0.320 e. The van der Waals surface area contributed by atoms with Gasteiger partial charge in [0.15, 0.2) is 0 Å². The molecule has 0 unspecified atom stereocenters. The normalized spacial score (nSPS) is 18.9. The first-order valence-electron chi connectivity index (χ1n) is 11.3. The van der Waals surface area contributed by atoms with Crippen molar-refractivity contribution >= 4 is 22.7 Å². The average molecular weight is 385 g/mol. The van der Waals surface area contributed by atoms with Gasteiger partial charge in [-0.1, -0.05) is 61.2 Å². The van der Waals surface area contributed by atoms with E-state index in [4.69, 9.17) is 0 Å². The van der Waals surface area contributed by atoms with E-state index in [1.54, 1.807) is 0 Å². The highest BCUT2D eigenvalue weighted by molar-refractivity contribution is 5.91. The minimum Gasteiger partial charge on any atom is -0.320 e. The topological polar surface area (TPSA) is 8.17 Å². The van der Waals surface area contributed by atoms with Crippen molar-refractivity contribution in [2.24, 2.45) is 5.92 Å². The van der Waals surface area contributed by atoms with E-state index in [2.05, 4.69) is 78.2 Å². The molecule has 1 aliphatic heterocycles. The quantitative estimate of drug-likeness (QED) is 0.499. The Bertz CT molecular complexity index is 1040. The molecular formula is C27H32N2. The number of aromatic nitrogens is 1. The summed E-state index contributed by atoms with van der Waals surface area (Å²) in [5.74, 6) is 0.677. The second kappa shape index (κ2) is 7.84. The first-order chi connectivity index (χ1) is 14.2. The maximum absolute atomic E-state index is 2.55. The number of likely N-dealkylation sites (N-methyl/N-ethyl adjacent to an activating group) is 1. The van der Waals surface area contributed by atoms with E-state index in [0.29, 0.717) is 5.92 Å². The van der Waals surface area contributed by atoms with Crippen molar-refractivity contribution in [3.63, 3.8) is 0 Å². The molecule has 1 saturated carbocycles. The molecule has 2 aliphatic rings. The van der Waals surface area contributed by atoms with Gasteiger partial charge in [0.2, 0.25) is 0 Å². The average Bonchev–Trinajstić information content (AvgIpc) is 3.05. The fraction of sp³-hybridized carbons (Fsp3) is 0.407. The number of allylic oxidation sites excluding steroid dienone is 1. The summed E-state index contributed by atoms with van der Waals surface area (Å²) in [5.41, 5.74) is 8.71. The van der Waals surface area contributed by atoms with Crippen molar-refractivity contribution in [2.45, 2.75) is 52.0 Å². The smallest absolute Gasteiger partial charge is 0.0529 e. The van der Waals surface area contributed by atoms with E-state index in [-0.39, 0.29) is 0 Å². The van der Waals surface area contributed by atoms with Gasteiger partial charge >= 0.3 is 0 Å². The third-order valence-electron chi connectivity index (χ3n) is 6.95. The molecule has 0 spiro atoms. The Hall–Kier alpha value is -2.32. The van der Waals surface area contributed by atoms with Crippen LogP contribution >= 0.6 is 0 Å². The number of benzene rings is 2. The molecule has 0 N–H and O–H groups in total. The van der Waals surface area contributed by atoms with Crippen LogP contribution in [0.5, 0.6) is 0 Å². The third-order valence-corrected chi connectivity index (χ3v) is 6.95. The van der Waals surface area contributed by atoms with Crippen LogP contribution < -0.4 is 0 Å². The van der Waals surface area contributed by atoms with Gasteiger partial charge in [0.1, 0.15) is 0 Å². The summed E-state index contributed by atoms with van der Waals surface area (Å²) >= 11 is 0. The molecule has 29 heavy (non-hydrogen) atoms. The molecule has 2 heteroatoms. The summed E-state index contributed by atoms with van der Waals surface area (Å²) in [5, 5.41) is 1.44. The lowest BCUT2D eigenvalue weighted by Crippen LogP contribution is -2.27. The molecule has 0 saturated heterocycles. The van der Waals surface area contributed by atoms with E-state index >= 15 is 0 Å². The Morgan fingerprint density at radius 2 is 1.79 bits per heavy atom. The number of hydrogen-bond acceptors (Lipinski definition) is 1. The molecule has 0 atom stereocenters. The van der Waals surface area contributed by atoms with Gasteiger partial charge in [-0.3, -0.25) is 0 Å². The fourth-order valence-electron chi connectivity index (χ4n) is 5.39. The van der Waals surface area contributed by atoms with Crippen molar-refractivity contribution in [2.75, 3.05) is 13.6 Å². The molecule has 1 aliphatic carbocycles. The molecule has 1 fully saturated rings. The molecule has 0 amide bonds. The molecule has 2 aromatic carbocycles. The summed E-state index contributed by atoms with van der Waals surface area (Å²) < 4.78 is 2.55. The zero-order valence-electron chi connectivity index (χ0n) is 17.8. The van der Waals surface area contributed by atoms with Gasteiger partial charge in [-0.05, 0) is 61.6 Å². The Morgan fingerprint density at radius 1 is 1.00 bits per heavy atom. The standard InChI is InChI=1S/C27H32N2/c1-20-13-14-26-23(17-20)25-18-28(2)16-15-27(25)29(26)19-24(21-9-5-3-6-10-21)22-11-7-4-8-12-22/h3,5-6,9-10,13-14,17,19,22H,4,7-8,11-12,15-16,18H2,1-2H3/b24-19-. The van der Waals surface area contributed by atoms with Crippen LogP contribution in [0.1, 0.15) is 54.5 Å². The maximum atomic E-state index is 2.55. The molecule has 5 rings (SSSR count). The van der Waals surface area contributed by atoms with Gasteiger partial charge < -0.3 is 9.47 Å². The summed E-state index contributed by atoms with van der Waals surface area (Å²) in [6, 6.07) is 18.1. The summed E-state index contributed by atoms with van der Waals surface area (Å²) in [4.78, 5) is 2.46. The first kappa shape index (κ1) is 18.7. The van der Waals surface area contributed by atoms with Crippen molar-refractivity contribution < 1.29 is 0 Å². The van der Waals surface area contributed by atoms with E-state index in [9.17, 15) is 0 Å². The molecule has 0 radical (unpaired) electrons. The van der Waals surface area contributed by atoms with Crippen LogP contribution in [-0.4, -0.2) is 23.1 Å². The number of hydrogen-bond donors (Lipinski definition) is 0. The molecular weight excluding hydrogens is 352 g/mol. The third kappa shape index (κ3) is 3.55. The second-order valence-electron chi connectivity index (χ2n) is 9.09. The van der Waals surface area contributed by atoms with Gasteiger partial charge in [0.05, 0.1) is 5.52 Å². The highest BCUT2D eigenvalue weighted by atomic mass is 15.1. The highest BCUT2D eigenvalue weighted by Crippen LogP contribution is 2.38. The predicted molar refractivity (Wildman–Crippen MR) is 124 cm³/mol. The van der Waals surface area contributed by atoms with E-state index in [1.807, 2.05) is 0 Å².